The molecule has 2 rings (SSSR count). The van der Waals surface area contributed by atoms with Gasteiger partial charge in [0.1, 0.15) is 0 Å². The first-order chi connectivity index (χ1) is 8.15. The van der Waals surface area contributed by atoms with Gasteiger partial charge in [0.15, 0.2) is 0 Å². The summed E-state index contributed by atoms with van der Waals surface area (Å²) in [5.41, 5.74) is 1.95. The van der Waals surface area contributed by atoms with Crippen molar-refractivity contribution in [3.8, 4) is 0 Å². The van der Waals surface area contributed by atoms with Crippen molar-refractivity contribution in [1.82, 2.24) is 5.32 Å². The molecule has 1 heterocycles. The first-order valence-corrected chi connectivity index (χ1v) is 7.41. The van der Waals surface area contributed by atoms with E-state index in [1.165, 1.54) is 35.8 Å². The summed E-state index contributed by atoms with van der Waals surface area (Å²) in [6.45, 7) is 7.05. The summed E-state index contributed by atoms with van der Waals surface area (Å²) in [4.78, 5) is 0. The molecule has 0 saturated carbocycles. The highest BCUT2D eigenvalue weighted by atomic mass is 79.9. The number of hydrogen-bond acceptors (Lipinski definition) is 1. The lowest BCUT2D eigenvalue weighted by Crippen LogP contribution is -2.41. The molecule has 0 amide bonds. The van der Waals surface area contributed by atoms with Crippen LogP contribution in [0.5, 0.6) is 0 Å². The van der Waals surface area contributed by atoms with Crippen molar-refractivity contribution in [2.45, 2.75) is 39.0 Å². The molecule has 1 fully saturated rings. The van der Waals surface area contributed by atoms with Crippen molar-refractivity contribution < 1.29 is 0 Å². The van der Waals surface area contributed by atoms with E-state index in [2.05, 4.69) is 59.4 Å². The average molecular weight is 296 g/mol. The van der Waals surface area contributed by atoms with Crippen molar-refractivity contribution in [2.24, 2.45) is 5.41 Å². The molecule has 1 saturated heterocycles. The van der Waals surface area contributed by atoms with E-state index in [-0.39, 0.29) is 0 Å². The molecule has 2 unspecified atom stereocenters. The highest BCUT2D eigenvalue weighted by molar-refractivity contribution is 9.10. The number of benzene rings is 1. The highest BCUT2D eigenvalue weighted by Crippen LogP contribution is 2.44. The molecule has 1 N–H and O–H groups in total. The third-order valence-electron chi connectivity index (χ3n) is 4.16. The number of piperidine rings is 1. The van der Waals surface area contributed by atoms with Gasteiger partial charge in [-0.15, -0.1) is 0 Å². The fraction of sp³-hybridized carbons (Fsp3) is 0.600. The van der Waals surface area contributed by atoms with Crippen molar-refractivity contribution in [2.75, 3.05) is 13.1 Å². The van der Waals surface area contributed by atoms with Gasteiger partial charge in [-0.1, -0.05) is 48.3 Å². The summed E-state index contributed by atoms with van der Waals surface area (Å²) in [5.74, 6) is 0.657. The van der Waals surface area contributed by atoms with Crippen LogP contribution in [0.4, 0.5) is 0 Å². The minimum absolute atomic E-state index is 0.466. The first-order valence-electron chi connectivity index (χ1n) is 6.62. The smallest absolute Gasteiger partial charge is 0.0175 e. The Hall–Kier alpha value is -0.340. The molecule has 1 aliphatic heterocycles. The molecule has 0 bridgehead atoms. The predicted octanol–water partition coefficient (Wildman–Crippen LogP) is 4.33. The van der Waals surface area contributed by atoms with E-state index >= 15 is 0 Å². The third-order valence-corrected chi connectivity index (χ3v) is 4.68. The Kier molecular flexibility index (Phi) is 4.26. The molecular weight excluding hydrogens is 274 g/mol. The molecule has 1 aliphatic rings. The summed E-state index contributed by atoms with van der Waals surface area (Å²) in [6, 6.07) is 8.87. The Morgan fingerprint density at radius 1 is 1.35 bits per heavy atom. The Labute approximate surface area is 113 Å². The maximum absolute atomic E-state index is 3.55. The largest absolute Gasteiger partial charge is 0.316 e. The Bertz CT molecular complexity index is 356. The predicted molar refractivity (Wildman–Crippen MR) is 77.4 cm³/mol. The summed E-state index contributed by atoms with van der Waals surface area (Å²) in [7, 11) is 0. The van der Waals surface area contributed by atoms with E-state index in [0.717, 1.165) is 6.54 Å². The molecule has 17 heavy (non-hydrogen) atoms. The molecule has 2 atom stereocenters. The lowest BCUT2D eigenvalue weighted by molar-refractivity contribution is 0.171. The van der Waals surface area contributed by atoms with Crippen molar-refractivity contribution in [3.63, 3.8) is 0 Å². The van der Waals surface area contributed by atoms with Crippen LogP contribution >= 0.6 is 15.9 Å². The van der Waals surface area contributed by atoms with E-state index in [1.807, 2.05) is 0 Å². The van der Waals surface area contributed by atoms with Gasteiger partial charge in [0.25, 0.3) is 0 Å². The van der Waals surface area contributed by atoms with Gasteiger partial charge in [0, 0.05) is 16.9 Å². The molecule has 1 aromatic carbocycles. The van der Waals surface area contributed by atoms with Crippen molar-refractivity contribution in [1.29, 1.82) is 0 Å². The van der Waals surface area contributed by atoms with Crippen LogP contribution in [0.2, 0.25) is 0 Å². The molecule has 0 aromatic heterocycles. The molecule has 1 nitrogen and oxygen atoms in total. The minimum Gasteiger partial charge on any atom is -0.316 e. The van der Waals surface area contributed by atoms with Crippen molar-refractivity contribution >= 4 is 15.9 Å². The topological polar surface area (TPSA) is 12.0 Å². The Morgan fingerprint density at radius 3 is 2.71 bits per heavy atom. The summed E-state index contributed by atoms with van der Waals surface area (Å²) >= 11 is 3.51. The summed E-state index contributed by atoms with van der Waals surface area (Å²) < 4.78 is 1.17. The van der Waals surface area contributed by atoms with Crippen LogP contribution in [-0.4, -0.2) is 13.1 Å². The number of hydrogen-bond donors (Lipinski definition) is 1. The van der Waals surface area contributed by atoms with Crippen LogP contribution < -0.4 is 5.32 Å². The second-order valence-corrected chi connectivity index (χ2v) is 6.38. The summed E-state index contributed by atoms with van der Waals surface area (Å²) in [6.07, 6.45) is 3.90. The lowest BCUT2D eigenvalue weighted by Gasteiger charge is -2.42. The van der Waals surface area contributed by atoms with Gasteiger partial charge in [0.2, 0.25) is 0 Å². The zero-order chi connectivity index (χ0) is 12.3. The van der Waals surface area contributed by atoms with Gasteiger partial charge in [-0.2, -0.15) is 0 Å². The molecule has 0 aliphatic carbocycles. The van der Waals surface area contributed by atoms with Gasteiger partial charge in [-0.3, -0.25) is 0 Å². The SMILES string of the molecule is CCCC1(C)CCNCC1c1ccc(Br)cc1. The number of nitrogens with one attached hydrogen (secondary N) is 1. The van der Waals surface area contributed by atoms with E-state index in [1.54, 1.807) is 0 Å². The van der Waals surface area contributed by atoms with Crippen LogP contribution in [-0.2, 0) is 0 Å². The Balaban J connectivity index is 2.24. The molecule has 0 spiro atoms. The van der Waals surface area contributed by atoms with Crippen LogP contribution in [0.25, 0.3) is 0 Å². The van der Waals surface area contributed by atoms with E-state index in [4.69, 9.17) is 0 Å². The third kappa shape index (κ3) is 2.92. The lowest BCUT2D eigenvalue weighted by atomic mass is 9.67. The zero-order valence-corrected chi connectivity index (χ0v) is 12.4. The molecule has 1 aromatic rings. The van der Waals surface area contributed by atoms with E-state index < -0.39 is 0 Å². The standard InChI is InChI=1S/C15H22BrN/c1-3-8-15(2)9-10-17-11-14(15)12-4-6-13(16)7-5-12/h4-7,14,17H,3,8-11H2,1-2H3. The van der Waals surface area contributed by atoms with Crippen molar-refractivity contribution in [3.05, 3.63) is 34.3 Å². The Morgan fingerprint density at radius 2 is 2.06 bits per heavy atom. The van der Waals surface area contributed by atoms with Crippen LogP contribution in [0.15, 0.2) is 28.7 Å². The van der Waals surface area contributed by atoms with Gasteiger partial charge in [-0.25, -0.2) is 0 Å². The van der Waals surface area contributed by atoms with Gasteiger partial charge >= 0.3 is 0 Å². The monoisotopic (exact) mass is 295 g/mol. The summed E-state index contributed by atoms with van der Waals surface area (Å²) in [5, 5.41) is 3.55. The number of rotatable bonds is 3. The maximum atomic E-state index is 3.55. The molecular formula is C15H22BrN. The zero-order valence-electron chi connectivity index (χ0n) is 10.8. The van der Waals surface area contributed by atoms with Crippen LogP contribution in [0.3, 0.4) is 0 Å². The van der Waals surface area contributed by atoms with Crippen LogP contribution in [0, 0.1) is 5.41 Å². The fourth-order valence-electron chi connectivity index (χ4n) is 3.13. The maximum Gasteiger partial charge on any atom is 0.0175 e. The van der Waals surface area contributed by atoms with Gasteiger partial charge in [-0.05, 0) is 42.5 Å². The van der Waals surface area contributed by atoms with Gasteiger partial charge in [0.05, 0.1) is 0 Å². The fourth-order valence-corrected chi connectivity index (χ4v) is 3.39. The van der Waals surface area contributed by atoms with Gasteiger partial charge < -0.3 is 5.32 Å². The molecule has 94 valence electrons. The number of halogens is 1. The first kappa shape index (κ1) is 13.1. The molecule has 0 radical (unpaired) electrons. The second-order valence-electron chi connectivity index (χ2n) is 5.46. The quantitative estimate of drug-likeness (QED) is 0.875. The molecule has 2 heteroatoms. The highest BCUT2D eigenvalue weighted by Gasteiger charge is 2.36. The average Bonchev–Trinajstić information content (AvgIpc) is 2.31. The normalized spacial score (nSPS) is 29.2. The second kappa shape index (κ2) is 5.53. The van der Waals surface area contributed by atoms with Crippen LogP contribution in [0.1, 0.15) is 44.6 Å². The minimum atomic E-state index is 0.466. The van der Waals surface area contributed by atoms with E-state index in [9.17, 15) is 0 Å². The van der Waals surface area contributed by atoms with E-state index in [0.29, 0.717) is 11.3 Å².